The normalized spacial score (nSPS) is 13.6. The van der Waals surface area contributed by atoms with Crippen molar-refractivity contribution in [2.24, 2.45) is 11.1 Å². The van der Waals surface area contributed by atoms with Crippen molar-refractivity contribution in [3.05, 3.63) is 0 Å². The van der Waals surface area contributed by atoms with Crippen molar-refractivity contribution in [2.75, 3.05) is 7.05 Å². The van der Waals surface area contributed by atoms with Gasteiger partial charge in [-0.2, -0.15) is 0 Å². The van der Waals surface area contributed by atoms with E-state index in [-0.39, 0.29) is 17.4 Å². The van der Waals surface area contributed by atoms with Crippen LogP contribution in [0.5, 0.6) is 0 Å². The van der Waals surface area contributed by atoms with Gasteiger partial charge in [0.2, 0.25) is 5.91 Å². The van der Waals surface area contributed by atoms with Gasteiger partial charge in [0.05, 0.1) is 11.0 Å². The molecule has 0 aliphatic carbocycles. The minimum Gasteiger partial charge on any atom is -0.392 e. The first-order valence-corrected chi connectivity index (χ1v) is 4.65. The minimum atomic E-state index is -0.381. The van der Waals surface area contributed by atoms with Crippen LogP contribution in [0.2, 0.25) is 0 Å². The van der Waals surface area contributed by atoms with Gasteiger partial charge in [0.15, 0.2) is 0 Å². The molecule has 0 rings (SSSR count). The average Bonchev–Trinajstić information content (AvgIpc) is 1.98. The summed E-state index contributed by atoms with van der Waals surface area (Å²) in [5.74, 6) is 0.0489. The Bertz CT molecular complexity index is 220. The van der Waals surface area contributed by atoms with E-state index < -0.39 is 0 Å². The number of hydrogen-bond acceptors (Lipinski definition) is 2. The molecule has 3 nitrogen and oxygen atoms in total. The van der Waals surface area contributed by atoms with E-state index in [9.17, 15) is 4.79 Å². The van der Waals surface area contributed by atoms with Crippen LogP contribution < -0.4 is 5.73 Å². The van der Waals surface area contributed by atoms with E-state index >= 15 is 0 Å². The number of nitrogens with two attached hydrogens (primary N) is 1. The maximum absolute atomic E-state index is 11.7. The topological polar surface area (TPSA) is 46.3 Å². The van der Waals surface area contributed by atoms with E-state index in [4.69, 9.17) is 18.0 Å². The summed E-state index contributed by atoms with van der Waals surface area (Å²) >= 11 is 4.82. The minimum absolute atomic E-state index is 0.0489. The zero-order chi connectivity index (χ0) is 10.8. The van der Waals surface area contributed by atoms with Crippen LogP contribution in [0.4, 0.5) is 0 Å². The fourth-order valence-corrected chi connectivity index (χ4v) is 1.05. The molecule has 0 saturated carbocycles. The number of amides is 1. The second kappa shape index (κ2) is 4.05. The molecule has 1 amide bonds. The van der Waals surface area contributed by atoms with Gasteiger partial charge >= 0.3 is 0 Å². The van der Waals surface area contributed by atoms with Gasteiger partial charge in [0.25, 0.3) is 0 Å². The summed E-state index contributed by atoms with van der Waals surface area (Å²) in [4.78, 5) is 13.7. The molecule has 76 valence electrons. The quantitative estimate of drug-likeness (QED) is 0.684. The number of nitrogens with zero attached hydrogens (tertiary/aromatic N) is 1. The maximum Gasteiger partial charge on any atom is 0.228 e. The summed E-state index contributed by atoms with van der Waals surface area (Å²) in [6.07, 6.45) is 0. The van der Waals surface area contributed by atoms with Gasteiger partial charge in [-0.3, -0.25) is 4.79 Å². The van der Waals surface area contributed by atoms with E-state index in [1.165, 1.54) is 0 Å². The molecule has 0 heterocycles. The highest BCUT2D eigenvalue weighted by Crippen LogP contribution is 2.17. The van der Waals surface area contributed by atoms with Crippen LogP contribution in [0.3, 0.4) is 0 Å². The smallest absolute Gasteiger partial charge is 0.228 e. The number of hydrogen-bond donors (Lipinski definition) is 1. The van der Waals surface area contributed by atoms with Crippen molar-refractivity contribution < 1.29 is 4.79 Å². The van der Waals surface area contributed by atoms with E-state index in [0.29, 0.717) is 4.99 Å². The van der Waals surface area contributed by atoms with E-state index in [2.05, 4.69) is 0 Å². The molecule has 4 heteroatoms. The van der Waals surface area contributed by atoms with Crippen molar-refractivity contribution in [3.63, 3.8) is 0 Å². The number of thiocarbonyl (C=S) groups is 1. The third kappa shape index (κ3) is 3.30. The summed E-state index contributed by atoms with van der Waals surface area (Å²) in [5, 5.41) is 0. The lowest BCUT2D eigenvalue weighted by atomic mass is 9.94. The van der Waals surface area contributed by atoms with Crippen molar-refractivity contribution >= 4 is 23.1 Å². The predicted octanol–water partition coefficient (Wildman–Crippen LogP) is 1.17. The van der Waals surface area contributed by atoms with Gasteiger partial charge in [0, 0.05) is 12.5 Å². The van der Waals surface area contributed by atoms with Crippen LogP contribution >= 0.6 is 12.2 Å². The Balaban J connectivity index is 4.53. The van der Waals surface area contributed by atoms with Crippen LogP contribution in [0.1, 0.15) is 27.7 Å². The summed E-state index contributed by atoms with van der Waals surface area (Å²) in [5.41, 5.74) is 5.07. The zero-order valence-corrected chi connectivity index (χ0v) is 9.73. The van der Waals surface area contributed by atoms with Gasteiger partial charge in [0.1, 0.15) is 0 Å². The zero-order valence-electron chi connectivity index (χ0n) is 8.92. The van der Waals surface area contributed by atoms with E-state index in [0.717, 1.165) is 0 Å². The Labute approximate surface area is 85.3 Å². The number of carbonyl (C=O) groups is 1. The van der Waals surface area contributed by atoms with E-state index in [1.54, 1.807) is 11.9 Å². The Morgan fingerprint density at radius 2 is 1.85 bits per heavy atom. The van der Waals surface area contributed by atoms with Crippen LogP contribution in [-0.4, -0.2) is 28.9 Å². The largest absolute Gasteiger partial charge is 0.392 e. The lowest BCUT2D eigenvalue weighted by Crippen LogP contribution is -2.47. The molecule has 1 unspecified atom stereocenters. The van der Waals surface area contributed by atoms with Crippen LogP contribution in [0.15, 0.2) is 0 Å². The molecular formula is C9H18N2OS. The average molecular weight is 202 g/mol. The van der Waals surface area contributed by atoms with Gasteiger partial charge in [-0.25, -0.2) is 0 Å². The molecule has 2 N–H and O–H groups in total. The summed E-state index contributed by atoms with van der Waals surface area (Å²) in [7, 11) is 1.72. The molecular weight excluding hydrogens is 184 g/mol. The van der Waals surface area contributed by atoms with Gasteiger partial charge in [-0.1, -0.05) is 33.0 Å². The molecule has 1 atom stereocenters. The number of carbonyl (C=O) groups excluding carboxylic acids is 1. The first kappa shape index (κ1) is 12.4. The molecule has 0 aromatic rings. The number of rotatable bonds is 2. The highest BCUT2D eigenvalue weighted by atomic mass is 32.1. The van der Waals surface area contributed by atoms with Gasteiger partial charge in [-0.05, 0) is 6.92 Å². The second-order valence-electron chi connectivity index (χ2n) is 4.24. The highest BCUT2D eigenvalue weighted by molar-refractivity contribution is 7.80. The first-order chi connectivity index (χ1) is 5.68. The molecule has 0 bridgehead atoms. The molecule has 0 aromatic carbocycles. The van der Waals surface area contributed by atoms with Crippen LogP contribution in [-0.2, 0) is 4.79 Å². The molecule has 0 radical (unpaired) electrons. The summed E-state index contributed by atoms with van der Waals surface area (Å²) in [6, 6.07) is -0.179. The third-order valence-corrected chi connectivity index (χ3v) is 2.30. The fourth-order valence-electron chi connectivity index (χ4n) is 0.896. The van der Waals surface area contributed by atoms with Crippen LogP contribution in [0.25, 0.3) is 0 Å². The van der Waals surface area contributed by atoms with Crippen molar-refractivity contribution in [1.29, 1.82) is 0 Å². The second-order valence-corrected chi connectivity index (χ2v) is 4.72. The van der Waals surface area contributed by atoms with Crippen LogP contribution in [0, 0.1) is 5.41 Å². The Kier molecular flexibility index (Phi) is 3.85. The monoisotopic (exact) mass is 202 g/mol. The highest BCUT2D eigenvalue weighted by Gasteiger charge is 2.28. The lowest BCUT2D eigenvalue weighted by Gasteiger charge is -2.30. The van der Waals surface area contributed by atoms with Crippen molar-refractivity contribution in [3.8, 4) is 0 Å². The Hall–Kier alpha value is -0.640. The molecule has 0 aliphatic heterocycles. The first-order valence-electron chi connectivity index (χ1n) is 4.24. The maximum atomic E-state index is 11.7. The Morgan fingerprint density at radius 3 is 2.08 bits per heavy atom. The lowest BCUT2D eigenvalue weighted by molar-refractivity contribution is -0.138. The standard InChI is InChI=1S/C9H18N2OS/c1-6(7(10)13)11(5)8(12)9(2,3)4/h6H,1-5H3,(H2,10,13). The summed E-state index contributed by atoms with van der Waals surface area (Å²) in [6.45, 7) is 7.44. The SMILES string of the molecule is CC(C(N)=S)N(C)C(=O)C(C)(C)C. The summed E-state index contributed by atoms with van der Waals surface area (Å²) < 4.78 is 0. The predicted molar refractivity (Wildman–Crippen MR) is 58.5 cm³/mol. The number of likely N-dealkylation sites (N-methyl/N-ethyl adjacent to an activating group) is 1. The molecule has 0 saturated heterocycles. The van der Waals surface area contributed by atoms with Gasteiger partial charge in [-0.15, -0.1) is 0 Å². The van der Waals surface area contributed by atoms with Crippen molar-refractivity contribution in [2.45, 2.75) is 33.7 Å². The fraction of sp³-hybridized carbons (Fsp3) is 0.778. The Morgan fingerprint density at radius 1 is 1.46 bits per heavy atom. The molecule has 0 fully saturated rings. The molecule has 13 heavy (non-hydrogen) atoms. The van der Waals surface area contributed by atoms with Gasteiger partial charge < -0.3 is 10.6 Å². The molecule has 0 spiro atoms. The van der Waals surface area contributed by atoms with E-state index in [1.807, 2.05) is 27.7 Å². The van der Waals surface area contributed by atoms with Crippen molar-refractivity contribution in [1.82, 2.24) is 4.90 Å². The third-order valence-electron chi connectivity index (χ3n) is 1.95. The molecule has 0 aromatic heterocycles. The molecule has 0 aliphatic rings.